The highest BCUT2D eigenvalue weighted by Gasteiger charge is 2.19. The number of phenolic OH excluding ortho intramolecular Hbond substituents is 1. The molecule has 0 saturated heterocycles. The topological polar surface area (TPSA) is 102 Å². The van der Waals surface area contributed by atoms with Crippen molar-refractivity contribution >= 4 is 19.4 Å². The van der Waals surface area contributed by atoms with Gasteiger partial charge in [0.2, 0.25) is 6.29 Å². The van der Waals surface area contributed by atoms with Gasteiger partial charge in [0.1, 0.15) is 11.4 Å². The molecule has 0 aliphatic rings. The fraction of sp³-hybridized carbons (Fsp3) is 0.250. The van der Waals surface area contributed by atoms with Gasteiger partial charge in [-0.05, 0) is 16.7 Å². The van der Waals surface area contributed by atoms with Crippen LogP contribution in [0.5, 0.6) is 5.75 Å². The molecule has 0 aliphatic carbocycles. The van der Waals surface area contributed by atoms with E-state index in [0.29, 0.717) is 0 Å². The highest BCUT2D eigenvalue weighted by Crippen LogP contribution is 2.30. The Morgan fingerprint density at radius 3 is 2.88 bits per heavy atom. The lowest BCUT2D eigenvalue weighted by atomic mass is 10.2. The first kappa shape index (κ1) is 12.4. The third-order valence-electron chi connectivity index (χ3n) is 1.78. The summed E-state index contributed by atoms with van der Waals surface area (Å²) in [5.41, 5.74) is -0.0947. The summed E-state index contributed by atoms with van der Waals surface area (Å²) >= 11 is 0. The minimum atomic E-state index is -1.89. The van der Waals surface area contributed by atoms with E-state index in [-0.39, 0.29) is 23.4 Å². The molecule has 1 aromatic carbocycles. The first-order chi connectivity index (χ1) is 7.54. The minimum absolute atomic E-state index is 0.0303. The molecule has 2 N–H and O–H groups in total. The summed E-state index contributed by atoms with van der Waals surface area (Å²) in [6.45, 7) is 0. The fourth-order valence-electron chi connectivity index (χ4n) is 1.03. The third-order valence-corrected chi connectivity index (χ3v) is 2.60. The van der Waals surface area contributed by atoms with Gasteiger partial charge in [0.15, 0.2) is 0 Å². The summed E-state index contributed by atoms with van der Waals surface area (Å²) in [5, 5.41) is 22.3. The van der Waals surface area contributed by atoms with Gasteiger partial charge in [-0.3, -0.25) is 10.1 Å². The highest BCUT2D eigenvalue weighted by molar-refractivity contribution is 7.39. The monoisotopic (exact) mass is 245 g/mol. The second-order valence-corrected chi connectivity index (χ2v) is 4.16. The summed E-state index contributed by atoms with van der Waals surface area (Å²) in [7, 11) is -0.604. The molecule has 16 heavy (non-hydrogen) atoms. The quantitative estimate of drug-likeness (QED) is 0.356. The molecule has 0 aliphatic heterocycles. The predicted octanol–water partition coefficient (Wildman–Crippen LogP) is 2.06. The largest absolute Gasteiger partial charge is 0.529 e. The van der Waals surface area contributed by atoms with Gasteiger partial charge in [0, 0.05) is 0 Å². The van der Waals surface area contributed by atoms with Crippen molar-refractivity contribution in [2.24, 2.45) is 0 Å². The van der Waals surface area contributed by atoms with E-state index >= 15 is 0 Å². The highest BCUT2D eigenvalue weighted by atomic mass is 31.1. The van der Waals surface area contributed by atoms with E-state index in [1.807, 2.05) is 0 Å². The van der Waals surface area contributed by atoms with Gasteiger partial charge in [-0.15, -0.1) is 4.52 Å². The van der Waals surface area contributed by atoms with E-state index in [9.17, 15) is 14.7 Å². The third kappa shape index (κ3) is 3.15. The molecule has 8 heteroatoms. The van der Waals surface area contributed by atoms with Crippen LogP contribution in [0, 0.1) is 10.1 Å². The normalized spacial score (nSPS) is 10.9. The van der Waals surface area contributed by atoms with Crippen LogP contribution in [0.25, 0.3) is 0 Å². The SMILES string of the molecule is CO[P+](=O)CNc1ccc(O)cc1[N+](=O)[O-]. The lowest BCUT2D eigenvalue weighted by Gasteiger charge is -2.02. The number of anilines is 1. The van der Waals surface area contributed by atoms with Crippen LogP contribution in [-0.2, 0) is 9.09 Å². The second-order valence-electron chi connectivity index (χ2n) is 2.81. The molecular formula is C8H10N2O5P+. The Balaban J connectivity index is 2.87. The summed E-state index contributed by atoms with van der Waals surface area (Å²) in [4.78, 5) is 10.0. The average Bonchev–Trinajstić information content (AvgIpc) is 2.26. The molecule has 0 bridgehead atoms. The number of nitrogens with zero attached hydrogens (tertiary/aromatic N) is 1. The van der Waals surface area contributed by atoms with Crippen molar-refractivity contribution in [1.82, 2.24) is 0 Å². The number of aromatic hydroxyl groups is 1. The Morgan fingerprint density at radius 2 is 2.31 bits per heavy atom. The molecule has 0 amide bonds. The van der Waals surface area contributed by atoms with Gasteiger partial charge in [0.05, 0.1) is 18.1 Å². The number of hydrogen-bond donors (Lipinski definition) is 2. The maximum absolute atomic E-state index is 11.0. The van der Waals surface area contributed by atoms with Gasteiger partial charge in [-0.1, -0.05) is 0 Å². The van der Waals surface area contributed by atoms with Crippen molar-refractivity contribution in [2.45, 2.75) is 0 Å². The standard InChI is InChI=1S/C8H9N2O5P/c1-15-16(14)5-9-7-3-2-6(11)4-8(7)10(12)13/h2-4,9H,5H2,1H3/p+1. The molecule has 0 fully saturated rings. The van der Waals surface area contributed by atoms with Crippen LogP contribution in [0.15, 0.2) is 18.2 Å². The molecule has 1 unspecified atom stereocenters. The number of nitro benzene ring substituents is 1. The molecule has 0 spiro atoms. The first-order valence-corrected chi connectivity index (χ1v) is 5.61. The number of nitro groups is 1. The molecule has 86 valence electrons. The lowest BCUT2D eigenvalue weighted by molar-refractivity contribution is -0.384. The smallest absolute Gasteiger partial charge is 0.508 e. The van der Waals surface area contributed by atoms with Crippen molar-refractivity contribution in [2.75, 3.05) is 18.7 Å². The van der Waals surface area contributed by atoms with E-state index in [0.717, 1.165) is 6.07 Å². The summed E-state index contributed by atoms with van der Waals surface area (Å²) in [5.74, 6) is -0.201. The van der Waals surface area contributed by atoms with Gasteiger partial charge in [-0.2, -0.15) is 0 Å². The minimum Gasteiger partial charge on any atom is -0.508 e. The lowest BCUT2D eigenvalue weighted by Crippen LogP contribution is -2.01. The molecule has 0 radical (unpaired) electrons. The molecule has 0 saturated carbocycles. The number of nitrogens with one attached hydrogen (secondary N) is 1. The first-order valence-electron chi connectivity index (χ1n) is 4.24. The van der Waals surface area contributed by atoms with Crippen molar-refractivity contribution in [1.29, 1.82) is 0 Å². The van der Waals surface area contributed by atoms with E-state index in [1.165, 1.54) is 19.2 Å². The van der Waals surface area contributed by atoms with Gasteiger partial charge in [-0.25, -0.2) is 0 Å². The van der Waals surface area contributed by atoms with E-state index in [2.05, 4.69) is 9.84 Å². The molecule has 1 rings (SSSR count). The zero-order valence-corrected chi connectivity index (χ0v) is 9.31. The van der Waals surface area contributed by atoms with Crippen molar-refractivity contribution in [3.05, 3.63) is 28.3 Å². The van der Waals surface area contributed by atoms with Crippen LogP contribution in [0.4, 0.5) is 11.4 Å². The summed E-state index contributed by atoms with van der Waals surface area (Å²) in [6.07, 6.45) is -0.0303. The van der Waals surface area contributed by atoms with Crippen LogP contribution < -0.4 is 5.32 Å². The van der Waals surface area contributed by atoms with Crippen LogP contribution in [0.1, 0.15) is 0 Å². The Kier molecular flexibility index (Phi) is 4.16. The van der Waals surface area contributed by atoms with Crippen molar-refractivity contribution in [3.8, 4) is 5.75 Å². The molecule has 1 atom stereocenters. The zero-order chi connectivity index (χ0) is 12.1. The number of phenols is 1. The number of hydrogen-bond acceptors (Lipinski definition) is 6. The van der Waals surface area contributed by atoms with Crippen molar-refractivity contribution < 1.29 is 19.1 Å². The van der Waals surface area contributed by atoms with Crippen molar-refractivity contribution in [3.63, 3.8) is 0 Å². The molecule has 1 aromatic rings. The maximum atomic E-state index is 11.0. The fourth-order valence-corrected chi connectivity index (χ4v) is 1.46. The Bertz CT molecular complexity index is 423. The van der Waals surface area contributed by atoms with E-state index < -0.39 is 13.0 Å². The van der Waals surface area contributed by atoms with E-state index in [4.69, 9.17) is 5.11 Å². The Hall–Kier alpha value is -1.72. The van der Waals surface area contributed by atoms with Gasteiger partial charge < -0.3 is 10.4 Å². The zero-order valence-electron chi connectivity index (χ0n) is 8.41. The second kappa shape index (κ2) is 5.39. The summed E-state index contributed by atoms with van der Waals surface area (Å²) in [6, 6.07) is 3.66. The van der Waals surface area contributed by atoms with Crippen LogP contribution in [0.2, 0.25) is 0 Å². The van der Waals surface area contributed by atoms with Crippen LogP contribution in [0.3, 0.4) is 0 Å². The Labute approximate surface area is 92.1 Å². The predicted molar refractivity (Wildman–Crippen MR) is 57.9 cm³/mol. The number of rotatable bonds is 5. The maximum Gasteiger partial charge on any atom is 0.529 e. The average molecular weight is 245 g/mol. The summed E-state index contributed by atoms with van der Waals surface area (Å²) < 4.78 is 15.5. The van der Waals surface area contributed by atoms with Crippen LogP contribution >= 0.6 is 8.03 Å². The molecule has 0 heterocycles. The van der Waals surface area contributed by atoms with E-state index in [1.54, 1.807) is 0 Å². The molecule has 0 aromatic heterocycles. The number of benzene rings is 1. The Morgan fingerprint density at radius 1 is 1.62 bits per heavy atom. The molecular weight excluding hydrogens is 235 g/mol. The van der Waals surface area contributed by atoms with Gasteiger partial charge >= 0.3 is 8.03 Å². The van der Waals surface area contributed by atoms with Gasteiger partial charge in [0.25, 0.3) is 5.69 Å². The molecule has 7 nitrogen and oxygen atoms in total. The van der Waals surface area contributed by atoms with Crippen LogP contribution in [-0.4, -0.2) is 23.4 Å².